The summed E-state index contributed by atoms with van der Waals surface area (Å²) < 4.78 is 7.37. The maximum Gasteiger partial charge on any atom is 0.276 e. The van der Waals surface area contributed by atoms with Gasteiger partial charge in [-0.3, -0.25) is 9.48 Å². The Kier molecular flexibility index (Phi) is 6.61. The number of rotatable bonds is 5. The molecule has 1 N–H and O–H groups in total. The molecule has 1 aliphatic heterocycles. The standard InChI is InChI=1S/C17H25N5O2.ClH/c1-12-15(20-16(24-12)14-10-19-21(3)11-14)17(23)22-8-5-13(6-9-22)4-7-18-2;/h10-11,13,18H,4-9H2,1-3H3;1H. The summed E-state index contributed by atoms with van der Waals surface area (Å²) in [6, 6.07) is 0. The molecule has 1 saturated heterocycles. The predicted octanol–water partition coefficient (Wildman–Crippen LogP) is 2.27. The van der Waals surface area contributed by atoms with E-state index in [1.165, 1.54) is 6.42 Å². The van der Waals surface area contributed by atoms with Crippen LogP contribution in [0.2, 0.25) is 0 Å². The van der Waals surface area contributed by atoms with Crippen molar-refractivity contribution in [2.45, 2.75) is 26.2 Å². The zero-order valence-electron chi connectivity index (χ0n) is 15.0. The summed E-state index contributed by atoms with van der Waals surface area (Å²) in [5.74, 6) is 1.69. The van der Waals surface area contributed by atoms with Crippen molar-refractivity contribution in [3.8, 4) is 11.5 Å². The lowest BCUT2D eigenvalue weighted by atomic mass is 9.93. The van der Waals surface area contributed by atoms with E-state index in [9.17, 15) is 4.79 Å². The van der Waals surface area contributed by atoms with E-state index in [2.05, 4.69) is 15.4 Å². The van der Waals surface area contributed by atoms with Gasteiger partial charge in [0, 0.05) is 26.3 Å². The summed E-state index contributed by atoms with van der Waals surface area (Å²) in [5.41, 5.74) is 1.20. The first-order valence-electron chi connectivity index (χ1n) is 8.48. The van der Waals surface area contributed by atoms with Crippen LogP contribution in [0.25, 0.3) is 11.5 Å². The molecule has 0 bridgehead atoms. The van der Waals surface area contributed by atoms with E-state index in [1.54, 1.807) is 17.8 Å². The Hall–Kier alpha value is -1.86. The molecule has 0 saturated carbocycles. The van der Waals surface area contributed by atoms with Crippen LogP contribution in [0, 0.1) is 12.8 Å². The number of aromatic nitrogens is 3. The fourth-order valence-corrected chi connectivity index (χ4v) is 3.17. The fourth-order valence-electron chi connectivity index (χ4n) is 3.17. The molecule has 8 heteroatoms. The molecule has 0 radical (unpaired) electrons. The average molecular weight is 368 g/mol. The van der Waals surface area contributed by atoms with Gasteiger partial charge in [-0.15, -0.1) is 12.4 Å². The molecule has 3 heterocycles. The molecule has 2 aromatic heterocycles. The number of oxazole rings is 1. The Bertz CT molecular complexity index is 704. The molecule has 3 rings (SSSR count). The highest BCUT2D eigenvalue weighted by Crippen LogP contribution is 2.25. The topological polar surface area (TPSA) is 76.2 Å². The van der Waals surface area contributed by atoms with Crippen LogP contribution in [-0.2, 0) is 7.05 Å². The van der Waals surface area contributed by atoms with Crippen LogP contribution in [0.1, 0.15) is 35.5 Å². The molecule has 0 unspecified atom stereocenters. The SMILES string of the molecule is CNCCC1CCN(C(=O)c2nc(-c3cnn(C)c3)oc2C)CC1.Cl. The van der Waals surface area contributed by atoms with Gasteiger partial charge in [0.05, 0.1) is 11.8 Å². The Morgan fingerprint density at radius 2 is 2.12 bits per heavy atom. The van der Waals surface area contributed by atoms with Gasteiger partial charge < -0.3 is 14.6 Å². The largest absolute Gasteiger partial charge is 0.440 e. The lowest BCUT2D eigenvalue weighted by molar-refractivity contribution is 0.0680. The van der Waals surface area contributed by atoms with Crippen LogP contribution in [0.5, 0.6) is 0 Å². The van der Waals surface area contributed by atoms with E-state index in [1.807, 2.05) is 25.2 Å². The highest BCUT2D eigenvalue weighted by molar-refractivity contribution is 5.93. The van der Waals surface area contributed by atoms with Gasteiger partial charge in [-0.1, -0.05) is 0 Å². The first-order valence-corrected chi connectivity index (χ1v) is 8.48. The zero-order chi connectivity index (χ0) is 17.1. The van der Waals surface area contributed by atoms with E-state index in [4.69, 9.17) is 4.42 Å². The quantitative estimate of drug-likeness (QED) is 0.877. The summed E-state index contributed by atoms with van der Waals surface area (Å²) in [5, 5.41) is 7.31. The minimum Gasteiger partial charge on any atom is -0.440 e. The lowest BCUT2D eigenvalue weighted by Gasteiger charge is -2.31. The molecule has 0 aromatic carbocycles. The Labute approximate surface area is 154 Å². The minimum atomic E-state index is -0.0292. The van der Waals surface area contributed by atoms with E-state index < -0.39 is 0 Å². The van der Waals surface area contributed by atoms with Gasteiger partial charge in [-0.05, 0) is 45.7 Å². The fraction of sp³-hybridized carbons (Fsp3) is 0.588. The summed E-state index contributed by atoms with van der Waals surface area (Å²) >= 11 is 0. The van der Waals surface area contributed by atoms with Crippen LogP contribution in [-0.4, -0.2) is 52.3 Å². The van der Waals surface area contributed by atoms with E-state index >= 15 is 0 Å². The summed E-state index contributed by atoms with van der Waals surface area (Å²) in [6.45, 7) is 4.42. The number of carbonyl (C=O) groups is 1. The lowest BCUT2D eigenvalue weighted by Crippen LogP contribution is -2.39. The van der Waals surface area contributed by atoms with Crippen molar-refractivity contribution in [1.29, 1.82) is 0 Å². The van der Waals surface area contributed by atoms with Crippen molar-refractivity contribution in [2.75, 3.05) is 26.7 Å². The molecule has 0 spiro atoms. The Morgan fingerprint density at radius 1 is 1.40 bits per heavy atom. The van der Waals surface area contributed by atoms with E-state index in [0.29, 0.717) is 23.3 Å². The molecule has 1 amide bonds. The molecular weight excluding hydrogens is 342 g/mol. The first kappa shape index (κ1) is 19.5. The maximum atomic E-state index is 12.8. The van der Waals surface area contributed by atoms with Gasteiger partial charge in [0.1, 0.15) is 5.76 Å². The second kappa shape index (κ2) is 8.49. The number of aryl methyl sites for hydroxylation is 2. The molecular formula is C17H26ClN5O2. The molecule has 1 fully saturated rings. The number of likely N-dealkylation sites (tertiary alicyclic amines) is 1. The molecule has 0 aliphatic carbocycles. The van der Waals surface area contributed by atoms with Crippen LogP contribution < -0.4 is 5.32 Å². The molecule has 138 valence electrons. The Morgan fingerprint density at radius 3 is 2.72 bits per heavy atom. The number of hydrogen-bond acceptors (Lipinski definition) is 5. The zero-order valence-corrected chi connectivity index (χ0v) is 15.8. The third kappa shape index (κ3) is 4.41. The number of amides is 1. The number of carbonyl (C=O) groups excluding carboxylic acids is 1. The third-order valence-electron chi connectivity index (χ3n) is 4.66. The van der Waals surface area contributed by atoms with Crippen LogP contribution in [0.4, 0.5) is 0 Å². The Balaban J connectivity index is 0.00000225. The van der Waals surface area contributed by atoms with Crippen LogP contribution >= 0.6 is 12.4 Å². The van der Waals surface area contributed by atoms with Gasteiger partial charge in [0.25, 0.3) is 5.91 Å². The number of hydrogen-bond donors (Lipinski definition) is 1. The van der Waals surface area contributed by atoms with Crippen LogP contribution in [0.15, 0.2) is 16.8 Å². The van der Waals surface area contributed by atoms with Crippen molar-refractivity contribution in [3.05, 3.63) is 23.8 Å². The van der Waals surface area contributed by atoms with Crippen molar-refractivity contribution in [2.24, 2.45) is 13.0 Å². The van der Waals surface area contributed by atoms with Crippen LogP contribution in [0.3, 0.4) is 0 Å². The van der Waals surface area contributed by atoms with E-state index in [0.717, 1.165) is 38.0 Å². The predicted molar refractivity (Wildman–Crippen MR) is 97.9 cm³/mol. The van der Waals surface area contributed by atoms with Crippen molar-refractivity contribution >= 4 is 18.3 Å². The van der Waals surface area contributed by atoms with Gasteiger partial charge >= 0.3 is 0 Å². The summed E-state index contributed by atoms with van der Waals surface area (Å²) in [7, 11) is 3.81. The summed E-state index contributed by atoms with van der Waals surface area (Å²) in [6.07, 6.45) is 6.80. The molecule has 25 heavy (non-hydrogen) atoms. The van der Waals surface area contributed by atoms with Crippen molar-refractivity contribution in [3.63, 3.8) is 0 Å². The van der Waals surface area contributed by atoms with Gasteiger partial charge in [-0.2, -0.15) is 5.10 Å². The normalized spacial score (nSPS) is 15.2. The van der Waals surface area contributed by atoms with Gasteiger partial charge in [-0.25, -0.2) is 4.98 Å². The number of nitrogens with zero attached hydrogens (tertiary/aromatic N) is 4. The van der Waals surface area contributed by atoms with Gasteiger partial charge in [0.15, 0.2) is 5.69 Å². The summed E-state index contributed by atoms with van der Waals surface area (Å²) in [4.78, 5) is 19.1. The monoisotopic (exact) mass is 367 g/mol. The second-order valence-corrected chi connectivity index (χ2v) is 6.45. The highest BCUT2D eigenvalue weighted by Gasteiger charge is 2.27. The highest BCUT2D eigenvalue weighted by atomic mass is 35.5. The molecule has 2 aromatic rings. The maximum absolute atomic E-state index is 12.8. The minimum absolute atomic E-state index is 0. The second-order valence-electron chi connectivity index (χ2n) is 6.45. The van der Waals surface area contributed by atoms with E-state index in [-0.39, 0.29) is 18.3 Å². The smallest absolute Gasteiger partial charge is 0.276 e. The molecule has 7 nitrogen and oxygen atoms in total. The molecule has 0 atom stereocenters. The average Bonchev–Trinajstić information content (AvgIpc) is 3.18. The number of piperidine rings is 1. The number of halogens is 1. The van der Waals surface area contributed by atoms with Crippen molar-refractivity contribution < 1.29 is 9.21 Å². The number of nitrogens with one attached hydrogen (secondary N) is 1. The molecule has 1 aliphatic rings. The van der Waals surface area contributed by atoms with Crippen molar-refractivity contribution in [1.82, 2.24) is 25.0 Å². The third-order valence-corrected chi connectivity index (χ3v) is 4.66. The van der Waals surface area contributed by atoms with Gasteiger partial charge in [0.2, 0.25) is 5.89 Å². The first-order chi connectivity index (χ1) is 11.6.